The monoisotopic (exact) mass is 372 g/mol. The van der Waals surface area contributed by atoms with Crippen LogP contribution >= 0.6 is 15.9 Å². The number of hydrogen-bond donors (Lipinski definition) is 0. The standard InChI is InChI=1S/C16H13BrN4O2/c1-2-21-13-5-10(3-4-14(13)23-9-15(21)22)12-8-20-7-11(17)6-18-16(20)19-12/h3-8H,2,9H2,1H3. The Balaban J connectivity index is 1.82. The Bertz CT molecular complexity index is 922. The first kappa shape index (κ1) is 14.2. The third kappa shape index (κ3) is 2.37. The summed E-state index contributed by atoms with van der Waals surface area (Å²) in [5.41, 5.74) is 2.50. The molecule has 0 radical (unpaired) electrons. The summed E-state index contributed by atoms with van der Waals surface area (Å²) < 4.78 is 8.24. The van der Waals surface area contributed by atoms with Gasteiger partial charge in [0.25, 0.3) is 5.91 Å². The second kappa shape index (κ2) is 5.34. The largest absolute Gasteiger partial charge is 0.482 e. The van der Waals surface area contributed by atoms with Gasteiger partial charge >= 0.3 is 0 Å². The van der Waals surface area contributed by atoms with Crippen molar-refractivity contribution < 1.29 is 9.53 Å². The van der Waals surface area contributed by atoms with Crippen molar-refractivity contribution in [1.29, 1.82) is 0 Å². The maximum absolute atomic E-state index is 12.0. The van der Waals surface area contributed by atoms with E-state index >= 15 is 0 Å². The summed E-state index contributed by atoms with van der Waals surface area (Å²) >= 11 is 3.40. The van der Waals surface area contributed by atoms with Gasteiger partial charge in [-0.2, -0.15) is 0 Å². The lowest BCUT2D eigenvalue weighted by Crippen LogP contribution is -2.38. The smallest absolute Gasteiger partial charge is 0.265 e. The third-order valence-electron chi connectivity index (χ3n) is 3.79. The van der Waals surface area contributed by atoms with Gasteiger partial charge in [-0.05, 0) is 41.1 Å². The summed E-state index contributed by atoms with van der Waals surface area (Å²) in [6, 6.07) is 5.76. The van der Waals surface area contributed by atoms with E-state index in [1.54, 1.807) is 11.1 Å². The van der Waals surface area contributed by atoms with Crippen molar-refractivity contribution in [3.05, 3.63) is 41.3 Å². The van der Waals surface area contributed by atoms with Crippen LogP contribution in [0.1, 0.15) is 6.92 Å². The minimum atomic E-state index is -0.0299. The zero-order valence-corrected chi connectivity index (χ0v) is 13.9. The highest BCUT2D eigenvalue weighted by Gasteiger charge is 2.24. The molecule has 0 aliphatic carbocycles. The number of anilines is 1. The SMILES string of the molecule is CCN1C(=O)COc2ccc(-c3cn4cc(Br)cnc4n3)cc21. The predicted octanol–water partition coefficient (Wildman–Crippen LogP) is 2.90. The molecule has 23 heavy (non-hydrogen) atoms. The molecule has 2 aromatic heterocycles. The van der Waals surface area contributed by atoms with E-state index in [0.717, 1.165) is 27.2 Å². The van der Waals surface area contributed by atoms with Gasteiger partial charge in [-0.25, -0.2) is 9.97 Å². The predicted molar refractivity (Wildman–Crippen MR) is 89.6 cm³/mol. The Kier molecular flexibility index (Phi) is 3.30. The van der Waals surface area contributed by atoms with Crippen molar-refractivity contribution in [2.45, 2.75) is 6.92 Å². The lowest BCUT2D eigenvalue weighted by Gasteiger charge is -2.28. The molecule has 116 valence electrons. The summed E-state index contributed by atoms with van der Waals surface area (Å²) in [5.74, 6) is 1.32. The van der Waals surface area contributed by atoms with Gasteiger partial charge in [0.15, 0.2) is 6.61 Å². The number of nitrogens with zero attached hydrogens (tertiary/aromatic N) is 4. The molecule has 3 heterocycles. The molecule has 0 saturated carbocycles. The van der Waals surface area contributed by atoms with Crippen molar-refractivity contribution >= 4 is 33.3 Å². The highest BCUT2D eigenvalue weighted by molar-refractivity contribution is 9.10. The second-order valence-corrected chi connectivity index (χ2v) is 6.13. The van der Waals surface area contributed by atoms with Crippen molar-refractivity contribution in [2.24, 2.45) is 0 Å². The third-order valence-corrected chi connectivity index (χ3v) is 4.20. The number of carbonyl (C=O) groups is 1. The number of rotatable bonds is 2. The van der Waals surface area contributed by atoms with E-state index in [2.05, 4.69) is 25.9 Å². The van der Waals surface area contributed by atoms with Crippen LogP contribution in [0.3, 0.4) is 0 Å². The van der Waals surface area contributed by atoms with E-state index in [9.17, 15) is 4.79 Å². The molecule has 0 bridgehead atoms. The topological polar surface area (TPSA) is 59.7 Å². The fourth-order valence-electron chi connectivity index (χ4n) is 2.71. The summed E-state index contributed by atoms with van der Waals surface area (Å²) in [7, 11) is 0. The molecule has 0 atom stereocenters. The van der Waals surface area contributed by atoms with Crippen molar-refractivity contribution in [1.82, 2.24) is 14.4 Å². The molecule has 0 spiro atoms. The fourth-order valence-corrected chi connectivity index (χ4v) is 3.03. The van der Waals surface area contributed by atoms with E-state index in [1.807, 2.05) is 41.9 Å². The van der Waals surface area contributed by atoms with Crippen LogP contribution in [0, 0.1) is 0 Å². The minimum absolute atomic E-state index is 0.0299. The summed E-state index contributed by atoms with van der Waals surface area (Å²) in [6.45, 7) is 2.65. The number of amides is 1. The Morgan fingerprint density at radius 1 is 1.35 bits per heavy atom. The average molecular weight is 373 g/mol. The number of imidazole rings is 1. The molecule has 0 saturated heterocycles. The fraction of sp³-hybridized carbons (Fsp3) is 0.188. The number of ether oxygens (including phenoxy) is 1. The molecule has 7 heteroatoms. The lowest BCUT2D eigenvalue weighted by molar-refractivity contribution is -0.121. The van der Waals surface area contributed by atoms with E-state index < -0.39 is 0 Å². The van der Waals surface area contributed by atoms with E-state index in [-0.39, 0.29) is 12.5 Å². The van der Waals surface area contributed by atoms with Crippen LogP contribution < -0.4 is 9.64 Å². The Hall–Kier alpha value is -2.41. The maximum Gasteiger partial charge on any atom is 0.265 e. The van der Waals surface area contributed by atoms with Crippen molar-refractivity contribution in [3.8, 4) is 17.0 Å². The highest BCUT2D eigenvalue weighted by atomic mass is 79.9. The maximum atomic E-state index is 12.0. The molecule has 3 aromatic rings. The number of fused-ring (bicyclic) bond motifs is 2. The Labute approximate surface area is 140 Å². The molecule has 0 fully saturated rings. The number of halogens is 1. The molecule has 1 aliphatic heterocycles. The molecule has 1 aromatic carbocycles. The van der Waals surface area contributed by atoms with Crippen LogP contribution in [0.2, 0.25) is 0 Å². The number of hydrogen-bond acceptors (Lipinski definition) is 4. The van der Waals surface area contributed by atoms with E-state index in [4.69, 9.17) is 4.74 Å². The van der Waals surface area contributed by atoms with Crippen LogP contribution in [0.25, 0.3) is 17.0 Å². The molecule has 0 unspecified atom stereocenters. The molecule has 4 rings (SSSR count). The van der Waals surface area contributed by atoms with Crippen molar-refractivity contribution in [2.75, 3.05) is 18.1 Å². The lowest BCUT2D eigenvalue weighted by atomic mass is 10.1. The average Bonchev–Trinajstić information content (AvgIpc) is 2.97. The zero-order valence-electron chi connectivity index (χ0n) is 12.4. The van der Waals surface area contributed by atoms with Gasteiger partial charge < -0.3 is 9.64 Å². The number of carbonyl (C=O) groups excluding carboxylic acids is 1. The first-order chi connectivity index (χ1) is 11.2. The molecule has 6 nitrogen and oxygen atoms in total. The minimum Gasteiger partial charge on any atom is -0.482 e. The summed E-state index contributed by atoms with van der Waals surface area (Å²) in [4.78, 5) is 22.5. The molecule has 1 amide bonds. The van der Waals surface area contributed by atoms with Gasteiger partial charge in [0.1, 0.15) is 5.75 Å². The van der Waals surface area contributed by atoms with Gasteiger partial charge in [-0.3, -0.25) is 9.20 Å². The van der Waals surface area contributed by atoms with Gasteiger partial charge in [-0.1, -0.05) is 0 Å². The van der Waals surface area contributed by atoms with Crippen LogP contribution in [0.15, 0.2) is 41.3 Å². The summed E-state index contributed by atoms with van der Waals surface area (Å²) in [6.07, 6.45) is 5.53. The van der Waals surface area contributed by atoms with Crippen molar-refractivity contribution in [3.63, 3.8) is 0 Å². The quantitative estimate of drug-likeness (QED) is 0.693. The van der Waals surface area contributed by atoms with Crippen LogP contribution in [0.5, 0.6) is 5.75 Å². The first-order valence-corrected chi connectivity index (χ1v) is 8.03. The normalized spacial score (nSPS) is 14.0. The van der Waals surface area contributed by atoms with Gasteiger partial charge in [0.05, 0.1) is 15.9 Å². The zero-order chi connectivity index (χ0) is 16.0. The van der Waals surface area contributed by atoms with Crippen LogP contribution in [0.4, 0.5) is 5.69 Å². The van der Waals surface area contributed by atoms with E-state index in [0.29, 0.717) is 12.3 Å². The first-order valence-electron chi connectivity index (χ1n) is 7.23. The van der Waals surface area contributed by atoms with Crippen LogP contribution in [-0.2, 0) is 4.79 Å². The van der Waals surface area contributed by atoms with Crippen LogP contribution in [-0.4, -0.2) is 33.4 Å². The van der Waals surface area contributed by atoms with Gasteiger partial charge in [0, 0.05) is 30.7 Å². The van der Waals surface area contributed by atoms with Gasteiger partial charge in [0.2, 0.25) is 5.78 Å². The second-order valence-electron chi connectivity index (χ2n) is 5.21. The summed E-state index contributed by atoms with van der Waals surface area (Å²) in [5, 5.41) is 0. The Morgan fingerprint density at radius 3 is 3.04 bits per heavy atom. The molecular formula is C16H13BrN4O2. The number of benzene rings is 1. The number of likely N-dealkylation sites (N-methyl/N-ethyl adjacent to an activating group) is 1. The molecule has 1 aliphatic rings. The molecule has 0 N–H and O–H groups in total. The highest BCUT2D eigenvalue weighted by Crippen LogP contribution is 2.35. The van der Waals surface area contributed by atoms with Gasteiger partial charge in [-0.15, -0.1) is 0 Å². The number of aromatic nitrogens is 3. The Morgan fingerprint density at radius 2 is 2.22 bits per heavy atom. The van der Waals surface area contributed by atoms with E-state index in [1.165, 1.54) is 0 Å². The molecular weight excluding hydrogens is 360 g/mol.